The number of benzene rings is 1. The van der Waals surface area contributed by atoms with Crippen LogP contribution in [0.1, 0.15) is 11.3 Å². The first-order valence-electron chi connectivity index (χ1n) is 6.20. The van der Waals surface area contributed by atoms with Gasteiger partial charge in [0.2, 0.25) is 5.16 Å². The summed E-state index contributed by atoms with van der Waals surface area (Å²) in [6, 6.07) is 17.3. The molecule has 2 aromatic heterocycles. The minimum absolute atomic E-state index is 0.377. The van der Waals surface area contributed by atoms with E-state index in [1.807, 2.05) is 42.5 Å². The molecule has 0 aliphatic rings. The minimum Gasteiger partial charge on any atom is -0.230 e. The van der Waals surface area contributed by atoms with Gasteiger partial charge in [-0.25, -0.2) is 9.67 Å². The maximum absolute atomic E-state index is 8.87. The highest BCUT2D eigenvalue weighted by Gasteiger charge is 2.10. The van der Waals surface area contributed by atoms with E-state index >= 15 is 0 Å². The third-order valence-corrected chi connectivity index (χ3v) is 3.62. The zero-order valence-electron chi connectivity index (χ0n) is 10.9. The topological polar surface area (TPSA) is 80.3 Å². The number of tetrazole rings is 1. The average Bonchev–Trinajstić information content (AvgIpc) is 2.95. The summed E-state index contributed by atoms with van der Waals surface area (Å²) in [6.07, 6.45) is 0. The summed E-state index contributed by atoms with van der Waals surface area (Å²) in [5.74, 6) is 0. The molecular weight excluding hydrogens is 284 g/mol. The molecule has 0 aliphatic heterocycles. The van der Waals surface area contributed by atoms with E-state index in [0.717, 1.165) is 5.56 Å². The molecule has 0 saturated carbocycles. The number of pyridine rings is 1. The van der Waals surface area contributed by atoms with Gasteiger partial charge in [0, 0.05) is 0 Å². The van der Waals surface area contributed by atoms with Gasteiger partial charge in [-0.2, -0.15) is 5.26 Å². The van der Waals surface area contributed by atoms with Crippen LogP contribution in [0.4, 0.5) is 0 Å². The first-order chi connectivity index (χ1) is 10.3. The Hall–Kier alpha value is -2.72. The zero-order valence-corrected chi connectivity index (χ0v) is 11.7. The SMILES string of the molecule is N#Cc1cccc(Sc2nnnn2Cc2ccccc2)n1. The van der Waals surface area contributed by atoms with Crippen LogP contribution in [0.5, 0.6) is 0 Å². The molecular formula is C14H10N6S. The van der Waals surface area contributed by atoms with Crippen LogP contribution in [0.15, 0.2) is 58.7 Å². The quantitative estimate of drug-likeness (QED) is 0.733. The summed E-state index contributed by atoms with van der Waals surface area (Å²) >= 11 is 1.33. The van der Waals surface area contributed by atoms with E-state index < -0.39 is 0 Å². The molecule has 0 amide bonds. The molecule has 0 bridgehead atoms. The van der Waals surface area contributed by atoms with E-state index in [1.165, 1.54) is 11.8 Å². The summed E-state index contributed by atoms with van der Waals surface area (Å²) in [7, 11) is 0. The molecule has 0 aliphatic carbocycles. The van der Waals surface area contributed by atoms with E-state index in [1.54, 1.807) is 16.8 Å². The predicted molar refractivity (Wildman–Crippen MR) is 76.4 cm³/mol. The van der Waals surface area contributed by atoms with Crippen LogP contribution in [-0.2, 0) is 6.54 Å². The molecule has 21 heavy (non-hydrogen) atoms. The maximum atomic E-state index is 8.87. The molecule has 0 atom stereocenters. The molecule has 7 heteroatoms. The van der Waals surface area contributed by atoms with Gasteiger partial charge < -0.3 is 0 Å². The zero-order chi connectivity index (χ0) is 14.5. The second-order valence-corrected chi connectivity index (χ2v) is 5.17. The highest BCUT2D eigenvalue weighted by molar-refractivity contribution is 7.99. The van der Waals surface area contributed by atoms with Crippen LogP contribution in [0.25, 0.3) is 0 Å². The van der Waals surface area contributed by atoms with Crippen LogP contribution < -0.4 is 0 Å². The van der Waals surface area contributed by atoms with Gasteiger partial charge in [0.1, 0.15) is 16.8 Å². The summed E-state index contributed by atoms with van der Waals surface area (Å²) in [5, 5.41) is 21.9. The molecule has 2 heterocycles. The van der Waals surface area contributed by atoms with Crippen molar-refractivity contribution in [1.29, 1.82) is 5.26 Å². The lowest BCUT2D eigenvalue weighted by atomic mass is 10.2. The lowest BCUT2D eigenvalue weighted by Crippen LogP contribution is -2.03. The van der Waals surface area contributed by atoms with E-state index in [2.05, 4.69) is 20.5 Å². The summed E-state index contributed by atoms with van der Waals surface area (Å²) in [4.78, 5) is 4.21. The van der Waals surface area contributed by atoms with Gasteiger partial charge in [-0.05, 0) is 39.9 Å². The molecule has 0 spiro atoms. The molecule has 0 N–H and O–H groups in total. The maximum Gasteiger partial charge on any atom is 0.215 e. The van der Waals surface area contributed by atoms with Crippen molar-refractivity contribution < 1.29 is 0 Å². The van der Waals surface area contributed by atoms with Crippen molar-refractivity contribution in [3.8, 4) is 6.07 Å². The van der Waals surface area contributed by atoms with E-state index in [0.29, 0.717) is 22.4 Å². The van der Waals surface area contributed by atoms with Crippen molar-refractivity contribution in [2.75, 3.05) is 0 Å². The highest BCUT2D eigenvalue weighted by Crippen LogP contribution is 2.23. The van der Waals surface area contributed by atoms with Crippen LogP contribution in [0, 0.1) is 11.3 Å². The first kappa shape index (κ1) is 13.3. The third-order valence-electron chi connectivity index (χ3n) is 2.71. The standard InChI is InChI=1S/C14H10N6S/c15-9-12-7-4-8-13(16-12)21-14-17-18-19-20(14)10-11-5-2-1-3-6-11/h1-8H,10H2. The van der Waals surface area contributed by atoms with Gasteiger partial charge in [-0.3, -0.25) is 0 Å². The monoisotopic (exact) mass is 294 g/mol. The number of hydrogen-bond donors (Lipinski definition) is 0. The summed E-state index contributed by atoms with van der Waals surface area (Å²) < 4.78 is 1.71. The summed E-state index contributed by atoms with van der Waals surface area (Å²) in [6.45, 7) is 0.591. The fourth-order valence-corrected chi connectivity index (χ4v) is 2.51. The Bertz CT molecular complexity index is 777. The molecule has 0 radical (unpaired) electrons. The van der Waals surface area contributed by atoms with Crippen LogP contribution in [0.2, 0.25) is 0 Å². The fraction of sp³-hybridized carbons (Fsp3) is 0.0714. The molecule has 0 unspecified atom stereocenters. The van der Waals surface area contributed by atoms with Gasteiger partial charge in [-0.1, -0.05) is 36.4 Å². The van der Waals surface area contributed by atoms with Crippen molar-refractivity contribution in [3.05, 3.63) is 59.8 Å². The number of aromatic nitrogens is 5. The smallest absolute Gasteiger partial charge is 0.215 e. The Morgan fingerprint density at radius 1 is 1.10 bits per heavy atom. The normalized spacial score (nSPS) is 10.2. The molecule has 0 saturated heterocycles. The van der Waals surface area contributed by atoms with Gasteiger partial charge >= 0.3 is 0 Å². The Labute approximate surface area is 125 Å². The fourth-order valence-electron chi connectivity index (χ4n) is 1.75. The molecule has 1 aromatic carbocycles. The number of nitriles is 1. The minimum atomic E-state index is 0.377. The Balaban J connectivity index is 1.81. The number of nitrogens with zero attached hydrogens (tertiary/aromatic N) is 6. The van der Waals surface area contributed by atoms with Crippen molar-refractivity contribution in [2.45, 2.75) is 16.7 Å². The average molecular weight is 294 g/mol. The predicted octanol–water partition coefficient (Wildman–Crippen LogP) is 2.14. The van der Waals surface area contributed by atoms with Crippen molar-refractivity contribution in [3.63, 3.8) is 0 Å². The van der Waals surface area contributed by atoms with Crippen LogP contribution in [0.3, 0.4) is 0 Å². The lowest BCUT2D eigenvalue weighted by Gasteiger charge is -2.04. The van der Waals surface area contributed by atoms with Gasteiger partial charge in [0.05, 0.1) is 6.54 Å². The van der Waals surface area contributed by atoms with Crippen molar-refractivity contribution >= 4 is 11.8 Å². The highest BCUT2D eigenvalue weighted by atomic mass is 32.2. The Kier molecular flexibility index (Phi) is 3.89. The second-order valence-electron chi connectivity index (χ2n) is 4.18. The number of hydrogen-bond acceptors (Lipinski definition) is 6. The molecule has 3 rings (SSSR count). The number of rotatable bonds is 4. The van der Waals surface area contributed by atoms with Crippen molar-refractivity contribution in [2.24, 2.45) is 0 Å². The largest absolute Gasteiger partial charge is 0.230 e. The van der Waals surface area contributed by atoms with Gasteiger partial charge in [0.15, 0.2) is 0 Å². The van der Waals surface area contributed by atoms with Gasteiger partial charge in [0.25, 0.3) is 0 Å². The van der Waals surface area contributed by atoms with Crippen LogP contribution >= 0.6 is 11.8 Å². The van der Waals surface area contributed by atoms with Crippen molar-refractivity contribution in [1.82, 2.24) is 25.2 Å². The van der Waals surface area contributed by atoms with E-state index in [-0.39, 0.29) is 0 Å². The molecule has 3 aromatic rings. The first-order valence-corrected chi connectivity index (χ1v) is 7.02. The van der Waals surface area contributed by atoms with E-state index in [9.17, 15) is 0 Å². The third kappa shape index (κ3) is 3.24. The van der Waals surface area contributed by atoms with E-state index in [4.69, 9.17) is 5.26 Å². The van der Waals surface area contributed by atoms with Crippen LogP contribution in [-0.4, -0.2) is 25.2 Å². The molecule has 6 nitrogen and oxygen atoms in total. The van der Waals surface area contributed by atoms with Gasteiger partial charge in [-0.15, -0.1) is 5.10 Å². The lowest BCUT2D eigenvalue weighted by molar-refractivity contribution is 0.602. The molecule has 0 fully saturated rings. The Morgan fingerprint density at radius 2 is 1.95 bits per heavy atom. The summed E-state index contributed by atoms with van der Waals surface area (Å²) in [5.41, 5.74) is 1.49. The molecule has 102 valence electrons. The Morgan fingerprint density at radius 3 is 2.76 bits per heavy atom. The second kappa shape index (κ2) is 6.15.